The maximum absolute atomic E-state index is 12.8. The van der Waals surface area contributed by atoms with Gasteiger partial charge in [0.15, 0.2) is 0 Å². The molecule has 0 saturated carbocycles. The standard InChI is InChI=1S/C28H52N2O5/c1-3-5-6-7-8-9-10-11-12-13-14-15-16-17-18-21-26(32)29-24(23-31)27(33)30-22-19-20-25(30)28(34)35-4-2/h24-25,31H,3-23H2,1-2H3,(H,29,32)/t24-,25-/m0/s1. The van der Waals surface area contributed by atoms with Crippen molar-refractivity contribution in [2.75, 3.05) is 19.8 Å². The Balaban J connectivity index is 2.08. The summed E-state index contributed by atoms with van der Waals surface area (Å²) in [6.45, 7) is 4.21. The number of carbonyl (C=O) groups excluding carboxylic acids is 3. The summed E-state index contributed by atoms with van der Waals surface area (Å²) < 4.78 is 5.06. The Labute approximate surface area is 213 Å². The van der Waals surface area contributed by atoms with Gasteiger partial charge < -0.3 is 20.1 Å². The number of hydrogen-bond acceptors (Lipinski definition) is 5. The summed E-state index contributed by atoms with van der Waals surface area (Å²) in [6.07, 6.45) is 20.6. The number of unbranched alkanes of at least 4 members (excludes halogenated alkanes) is 14. The third kappa shape index (κ3) is 13.9. The van der Waals surface area contributed by atoms with Crippen LogP contribution in [0, 0.1) is 0 Å². The van der Waals surface area contributed by atoms with E-state index in [1.54, 1.807) is 6.92 Å². The third-order valence-corrected chi connectivity index (χ3v) is 6.92. The number of ether oxygens (including phenoxy) is 1. The number of aliphatic hydroxyl groups is 1. The van der Waals surface area contributed by atoms with Gasteiger partial charge in [-0.3, -0.25) is 9.59 Å². The fourth-order valence-electron chi connectivity index (χ4n) is 4.82. The van der Waals surface area contributed by atoms with Crippen molar-refractivity contribution in [3.8, 4) is 0 Å². The van der Waals surface area contributed by atoms with Crippen LogP contribution in [0.4, 0.5) is 0 Å². The number of nitrogens with one attached hydrogen (secondary N) is 1. The molecule has 0 aromatic rings. The second kappa shape index (κ2) is 20.6. The van der Waals surface area contributed by atoms with Gasteiger partial charge >= 0.3 is 5.97 Å². The van der Waals surface area contributed by atoms with Gasteiger partial charge in [0.2, 0.25) is 11.8 Å². The van der Waals surface area contributed by atoms with E-state index in [0.29, 0.717) is 25.8 Å². The van der Waals surface area contributed by atoms with Crippen molar-refractivity contribution in [1.82, 2.24) is 10.2 Å². The van der Waals surface area contributed by atoms with Crippen LogP contribution in [-0.4, -0.2) is 59.6 Å². The van der Waals surface area contributed by atoms with Crippen LogP contribution >= 0.6 is 0 Å². The van der Waals surface area contributed by atoms with Crippen molar-refractivity contribution < 1.29 is 24.2 Å². The highest BCUT2D eigenvalue weighted by molar-refractivity contribution is 5.91. The topological polar surface area (TPSA) is 95.9 Å². The second-order valence-corrected chi connectivity index (χ2v) is 9.94. The van der Waals surface area contributed by atoms with E-state index in [2.05, 4.69) is 12.2 Å². The molecule has 0 aromatic carbocycles. The van der Waals surface area contributed by atoms with E-state index in [9.17, 15) is 19.5 Å². The molecule has 0 bridgehead atoms. The number of carbonyl (C=O) groups is 3. The molecule has 0 spiro atoms. The molecule has 35 heavy (non-hydrogen) atoms. The van der Waals surface area contributed by atoms with Gasteiger partial charge in [-0.2, -0.15) is 0 Å². The maximum Gasteiger partial charge on any atom is 0.328 e. The number of aliphatic hydroxyl groups excluding tert-OH is 1. The van der Waals surface area contributed by atoms with Crippen LogP contribution < -0.4 is 5.32 Å². The Hall–Kier alpha value is -1.63. The lowest BCUT2D eigenvalue weighted by molar-refractivity contribution is -0.154. The fraction of sp³-hybridized carbons (Fsp3) is 0.893. The SMILES string of the molecule is CCCCCCCCCCCCCCCCCC(=O)N[C@@H](CO)C(=O)N1CCC[C@H]1C(=O)OCC. The molecule has 7 nitrogen and oxygen atoms in total. The summed E-state index contributed by atoms with van der Waals surface area (Å²) in [5, 5.41) is 12.3. The van der Waals surface area contributed by atoms with E-state index in [4.69, 9.17) is 4.74 Å². The molecule has 7 heteroatoms. The Bertz CT molecular complexity index is 584. The second-order valence-electron chi connectivity index (χ2n) is 9.94. The van der Waals surface area contributed by atoms with Crippen LogP contribution in [-0.2, 0) is 19.1 Å². The van der Waals surface area contributed by atoms with Gasteiger partial charge in [-0.1, -0.05) is 96.8 Å². The van der Waals surface area contributed by atoms with Gasteiger partial charge in [-0.25, -0.2) is 4.79 Å². The highest BCUT2D eigenvalue weighted by Crippen LogP contribution is 2.20. The highest BCUT2D eigenvalue weighted by atomic mass is 16.5. The number of hydrogen-bond donors (Lipinski definition) is 2. The Morgan fingerprint density at radius 2 is 1.37 bits per heavy atom. The normalized spacial score (nSPS) is 16.3. The maximum atomic E-state index is 12.8. The van der Waals surface area contributed by atoms with E-state index >= 15 is 0 Å². The van der Waals surface area contributed by atoms with Crippen LogP contribution in [0.1, 0.15) is 129 Å². The molecule has 204 valence electrons. The van der Waals surface area contributed by atoms with Gasteiger partial charge in [0.05, 0.1) is 13.2 Å². The number of nitrogens with zero attached hydrogens (tertiary/aromatic N) is 1. The summed E-state index contributed by atoms with van der Waals surface area (Å²) in [6, 6.07) is -1.63. The molecule has 1 aliphatic rings. The summed E-state index contributed by atoms with van der Waals surface area (Å²) in [5.74, 6) is -1.05. The molecule has 2 atom stereocenters. The molecule has 0 radical (unpaired) electrons. The lowest BCUT2D eigenvalue weighted by Gasteiger charge is -2.27. The van der Waals surface area contributed by atoms with Crippen LogP contribution in [0.15, 0.2) is 0 Å². The molecule has 1 saturated heterocycles. The molecule has 1 heterocycles. The van der Waals surface area contributed by atoms with Crippen molar-refractivity contribution in [3.63, 3.8) is 0 Å². The minimum absolute atomic E-state index is 0.223. The zero-order valence-corrected chi connectivity index (χ0v) is 22.5. The first kappa shape index (κ1) is 31.4. The minimum Gasteiger partial charge on any atom is -0.464 e. The monoisotopic (exact) mass is 496 g/mol. The van der Waals surface area contributed by atoms with Crippen molar-refractivity contribution in [2.24, 2.45) is 0 Å². The lowest BCUT2D eigenvalue weighted by Crippen LogP contribution is -2.53. The van der Waals surface area contributed by atoms with Crippen LogP contribution in [0.2, 0.25) is 0 Å². The molecule has 1 aliphatic heterocycles. The smallest absolute Gasteiger partial charge is 0.328 e. The summed E-state index contributed by atoms with van der Waals surface area (Å²) in [5.41, 5.74) is 0. The first-order valence-electron chi connectivity index (χ1n) is 14.4. The van der Waals surface area contributed by atoms with Gasteiger partial charge in [-0.15, -0.1) is 0 Å². The molecule has 0 aromatic heterocycles. The zero-order valence-electron chi connectivity index (χ0n) is 22.5. The Morgan fingerprint density at radius 3 is 1.86 bits per heavy atom. The average molecular weight is 497 g/mol. The van der Waals surface area contributed by atoms with Crippen LogP contribution in [0.25, 0.3) is 0 Å². The first-order valence-corrected chi connectivity index (χ1v) is 14.4. The first-order chi connectivity index (χ1) is 17.0. The average Bonchev–Trinajstić information content (AvgIpc) is 3.35. The molecule has 1 fully saturated rings. The van der Waals surface area contributed by atoms with E-state index in [1.165, 1.54) is 81.9 Å². The van der Waals surface area contributed by atoms with Crippen molar-refractivity contribution in [3.05, 3.63) is 0 Å². The van der Waals surface area contributed by atoms with Gasteiger partial charge in [0.25, 0.3) is 0 Å². The van der Waals surface area contributed by atoms with Crippen LogP contribution in [0.5, 0.6) is 0 Å². The zero-order chi connectivity index (χ0) is 25.7. The van der Waals surface area contributed by atoms with E-state index in [0.717, 1.165) is 19.3 Å². The quantitative estimate of drug-likeness (QED) is 0.166. The molecule has 1 rings (SSSR count). The largest absolute Gasteiger partial charge is 0.464 e. The van der Waals surface area contributed by atoms with Gasteiger partial charge in [0, 0.05) is 13.0 Å². The van der Waals surface area contributed by atoms with Crippen LogP contribution in [0.3, 0.4) is 0 Å². The minimum atomic E-state index is -1.01. The third-order valence-electron chi connectivity index (χ3n) is 6.92. The molecular formula is C28H52N2O5. The Kier molecular flexibility index (Phi) is 18.4. The molecule has 2 N–H and O–H groups in total. The summed E-state index contributed by atoms with van der Waals surface area (Å²) in [4.78, 5) is 38.6. The number of likely N-dealkylation sites (tertiary alicyclic amines) is 1. The summed E-state index contributed by atoms with van der Waals surface area (Å²) >= 11 is 0. The summed E-state index contributed by atoms with van der Waals surface area (Å²) in [7, 11) is 0. The molecule has 2 amide bonds. The fourth-order valence-corrected chi connectivity index (χ4v) is 4.82. The molecule has 0 unspecified atom stereocenters. The lowest BCUT2D eigenvalue weighted by atomic mass is 10.0. The van der Waals surface area contributed by atoms with E-state index < -0.39 is 30.6 Å². The van der Waals surface area contributed by atoms with Gasteiger partial charge in [0.1, 0.15) is 12.1 Å². The predicted molar refractivity (Wildman–Crippen MR) is 140 cm³/mol. The van der Waals surface area contributed by atoms with E-state index in [1.807, 2.05) is 0 Å². The molecular weight excluding hydrogens is 444 g/mol. The predicted octanol–water partition coefficient (Wildman–Crippen LogP) is 5.28. The van der Waals surface area contributed by atoms with Crippen molar-refractivity contribution >= 4 is 17.8 Å². The van der Waals surface area contributed by atoms with Crippen molar-refractivity contribution in [2.45, 2.75) is 142 Å². The number of amides is 2. The van der Waals surface area contributed by atoms with Gasteiger partial charge in [-0.05, 0) is 26.2 Å². The Morgan fingerprint density at radius 1 is 0.857 bits per heavy atom. The number of rotatable bonds is 21. The molecule has 0 aliphatic carbocycles. The van der Waals surface area contributed by atoms with Crippen molar-refractivity contribution in [1.29, 1.82) is 0 Å². The highest BCUT2D eigenvalue weighted by Gasteiger charge is 2.38. The van der Waals surface area contributed by atoms with E-state index in [-0.39, 0.29) is 12.5 Å². The number of esters is 1.